The highest BCUT2D eigenvalue weighted by atomic mass is 16.4. The van der Waals surface area contributed by atoms with Crippen LogP contribution < -0.4 is 5.32 Å². The van der Waals surface area contributed by atoms with Crippen LogP contribution in [-0.2, 0) is 0 Å². The lowest BCUT2D eigenvalue weighted by Crippen LogP contribution is -2.12. The highest BCUT2D eigenvalue weighted by molar-refractivity contribution is 6.03. The summed E-state index contributed by atoms with van der Waals surface area (Å²) in [6, 6.07) is 1.62. The molecule has 0 saturated carbocycles. The van der Waals surface area contributed by atoms with Gasteiger partial charge in [0.1, 0.15) is 0 Å². The van der Waals surface area contributed by atoms with Gasteiger partial charge in [-0.3, -0.25) is 15.1 Å². The third kappa shape index (κ3) is 3.63. The lowest BCUT2D eigenvalue weighted by Gasteiger charge is -2.00. The number of hydrogen-bond donors (Lipinski definition) is 2. The Bertz CT molecular complexity index is 669. The van der Waals surface area contributed by atoms with Gasteiger partial charge in [0.15, 0.2) is 0 Å². The number of aryl methyl sites for hydroxylation is 1. The third-order valence-electron chi connectivity index (χ3n) is 2.22. The summed E-state index contributed by atoms with van der Waals surface area (Å²) in [4.78, 5) is 15.9. The second-order valence-corrected chi connectivity index (χ2v) is 3.82. The normalized spacial score (nSPS) is 9.70. The van der Waals surface area contributed by atoms with Crippen LogP contribution in [0.15, 0.2) is 22.9 Å². The maximum Gasteiger partial charge on any atom is 0.322 e. The van der Waals surface area contributed by atoms with Crippen molar-refractivity contribution in [2.24, 2.45) is 0 Å². The first kappa shape index (κ1) is 13.7. The van der Waals surface area contributed by atoms with E-state index in [0.717, 1.165) is 0 Å². The number of pyridine rings is 1. The number of rotatable bonds is 3. The van der Waals surface area contributed by atoms with E-state index in [1.165, 1.54) is 12.4 Å². The van der Waals surface area contributed by atoms with Crippen LogP contribution in [0.5, 0.6) is 0 Å². The standard InChI is InChI=1S/C13H12N4O3/c1-9-16-17-13(20-9)15-12(19)11-6-10(7-14-8-11)4-2-3-5-18/h6-8,18H,3,5H2,1H3,(H,15,17,19). The summed E-state index contributed by atoms with van der Waals surface area (Å²) in [5.41, 5.74) is 0.921. The molecule has 0 atom stereocenters. The van der Waals surface area contributed by atoms with Crippen LogP contribution in [0.3, 0.4) is 0 Å². The Morgan fingerprint density at radius 2 is 2.30 bits per heavy atom. The van der Waals surface area contributed by atoms with Gasteiger partial charge in [-0.15, -0.1) is 5.10 Å². The van der Waals surface area contributed by atoms with Crippen molar-refractivity contribution < 1.29 is 14.3 Å². The lowest BCUT2D eigenvalue weighted by molar-refractivity contribution is 0.102. The summed E-state index contributed by atoms with van der Waals surface area (Å²) in [6.07, 6.45) is 3.32. The Balaban J connectivity index is 2.10. The van der Waals surface area contributed by atoms with Gasteiger partial charge >= 0.3 is 6.01 Å². The summed E-state index contributed by atoms with van der Waals surface area (Å²) in [5.74, 6) is 5.52. The van der Waals surface area contributed by atoms with Gasteiger partial charge in [0.2, 0.25) is 5.89 Å². The van der Waals surface area contributed by atoms with E-state index < -0.39 is 5.91 Å². The summed E-state index contributed by atoms with van der Waals surface area (Å²) in [7, 11) is 0. The molecule has 2 aromatic rings. The first-order valence-corrected chi connectivity index (χ1v) is 5.85. The molecule has 2 heterocycles. The highest BCUT2D eigenvalue weighted by Crippen LogP contribution is 2.08. The minimum absolute atomic E-state index is 0.00286. The van der Waals surface area contributed by atoms with Crippen LogP contribution >= 0.6 is 0 Å². The van der Waals surface area contributed by atoms with Crippen molar-refractivity contribution in [3.8, 4) is 11.8 Å². The topological polar surface area (TPSA) is 101 Å². The van der Waals surface area contributed by atoms with Gasteiger partial charge < -0.3 is 9.52 Å². The Labute approximate surface area is 115 Å². The van der Waals surface area contributed by atoms with Crippen LogP contribution in [-0.4, -0.2) is 32.8 Å². The SMILES string of the molecule is Cc1nnc(NC(=O)c2cncc(C#CCCO)c2)o1. The molecule has 0 spiro atoms. The quantitative estimate of drug-likeness (QED) is 0.800. The molecule has 2 N–H and O–H groups in total. The molecule has 0 aliphatic heterocycles. The van der Waals surface area contributed by atoms with Crippen molar-refractivity contribution in [3.05, 3.63) is 35.5 Å². The van der Waals surface area contributed by atoms with Gasteiger partial charge in [-0.2, -0.15) is 0 Å². The maximum atomic E-state index is 11.9. The molecule has 2 aromatic heterocycles. The Morgan fingerprint density at radius 3 is 3.00 bits per heavy atom. The number of carbonyl (C=O) groups excluding carboxylic acids is 1. The minimum Gasteiger partial charge on any atom is -0.408 e. The van der Waals surface area contributed by atoms with Crippen LogP contribution in [0.2, 0.25) is 0 Å². The van der Waals surface area contributed by atoms with Gasteiger partial charge in [0.25, 0.3) is 5.91 Å². The van der Waals surface area contributed by atoms with E-state index in [-0.39, 0.29) is 12.6 Å². The molecule has 0 bridgehead atoms. The molecule has 0 aliphatic carbocycles. The van der Waals surface area contributed by atoms with Crippen LogP contribution in [0.4, 0.5) is 6.01 Å². The second-order valence-electron chi connectivity index (χ2n) is 3.82. The smallest absolute Gasteiger partial charge is 0.322 e. The number of nitrogens with one attached hydrogen (secondary N) is 1. The third-order valence-corrected chi connectivity index (χ3v) is 2.22. The summed E-state index contributed by atoms with van der Waals surface area (Å²) >= 11 is 0. The van der Waals surface area contributed by atoms with Gasteiger partial charge in [-0.25, -0.2) is 0 Å². The van der Waals surface area contributed by atoms with E-state index in [9.17, 15) is 4.79 Å². The molecular weight excluding hydrogens is 260 g/mol. The van der Waals surface area contributed by atoms with Gasteiger partial charge in [0.05, 0.1) is 12.2 Å². The van der Waals surface area contributed by atoms with E-state index >= 15 is 0 Å². The van der Waals surface area contributed by atoms with Crippen molar-refractivity contribution in [1.29, 1.82) is 0 Å². The molecule has 20 heavy (non-hydrogen) atoms. The maximum absolute atomic E-state index is 11.9. The van der Waals surface area contributed by atoms with Crippen molar-refractivity contribution in [2.45, 2.75) is 13.3 Å². The zero-order valence-corrected chi connectivity index (χ0v) is 10.8. The fourth-order valence-corrected chi connectivity index (χ4v) is 1.37. The Hall–Kier alpha value is -2.72. The molecule has 1 amide bonds. The first-order valence-electron chi connectivity index (χ1n) is 5.85. The van der Waals surface area contributed by atoms with Crippen molar-refractivity contribution >= 4 is 11.9 Å². The van der Waals surface area contributed by atoms with Crippen LogP contribution in [0, 0.1) is 18.8 Å². The molecule has 102 valence electrons. The van der Waals surface area contributed by atoms with Gasteiger partial charge in [-0.1, -0.05) is 16.9 Å². The van der Waals surface area contributed by atoms with Gasteiger partial charge in [0, 0.05) is 31.3 Å². The molecule has 0 radical (unpaired) electrons. The summed E-state index contributed by atoms with van der Waals surface area (Å²) < 4.78 is 5.06. The number of anilines is 1. The monoisotopic (exact) mass is 272 g/mol. The van der Waals surface area contributed by atoms with Crippen LogP contribution in [0.1, 0.15) is 28.2 Å². The fourth-order valence-electron chi connectivity index (χ4n) is 1.37. The number of hydrogen-bond acceptors (Lipinski definition) is 6. The minimum atomic E-state index is -0.410. The molecule has 0 aromatic carbocycles. The Kier molecular flexibility index (Phi) is 4.42. The zero-order chi connectivity index (χ0) is 14.4. The highest BCUT2D eigenvalue weighted by Gasteiger charge is 2.10. The molecule has 2 rings (SSSR count). The largest absolute Gasteiger partial charge is 0.408 e. The predicted molar refractivity (Wildman–Crippen MR) is 69.8 cm³/mol. The lowest BCUT2D eigenvalue weighted by atomic mass is 10.2. The van der Waals surface area contributed by atoms with E-state index in [1.807, 2.05) is 0 Å². The first-order chi connectivity index (χ1) is 9.69. The zero-order valence-electron chi connectivity index (χ0n) is 10.8. The average Bonchev–Trinajstić information content (AvgIpc) is 2.85. The van der Waals surface area contributed by atoms with Crippen LogP contribution in [0.25, 0.3) is 0 Å². The van der Waals surface area contributed by atoms with E-state index in [0.29, 0.717) is 23.4 Å². The second kappa shape index (κ2) is 6.45. The van der Waals surface area contributed by atoms with Crippen molar-refractivity contribution in [1.82, 2.24) is 15.2 Å². The number of aromatic nitrogens is 3. The molecule has 7 heteroatoms. The average molecular weight is 272 g/mol. The van der Waals surface area contributed by atoms with Crippen molar-refractivity contribution in [2.75, 3.05) is 11.9 Å². The number of aliphatic hydroxyl groups is 1. The molecule has 0 fully saturated rings. The number of amides is 1. The summed E-state index contributed by atoms with van der Waals surface area (Å²) in [6.45, 7) is 1.62. The number of carbonyl (C=O) groups is 1. The fraction of sp³-hybridized carbons (Fsp3) is 0.231. The van der Waals surface area contributed by atoms with E-state index in [4.69, 9.17) is 9.52 Å². The van der Waals surface area contributed by atoms with Gasteiger partial charge in [-0.05, 0) is 6.07 Å². The predicted octanol–water partition coefficient (Wildman–Crippen LogP) is 0.759. The Morgan fingerprint density at radius 1 is 1.45 bits per heavy atom. The molecule has 0 saturated heterocycles. The molecule has 7 nitrogen and oxygen atoms in total. The molecular formula is C13H12N4O3. The number of aliphatic hydroxyl groups excluding tert-OH is 1. The van der Waals surface area contributed by atoms with Crippen molar-refractivity contribution in [3.63, 3.8) is 0 Å². The van der Waals surface area contributed by atoms with E-state index in [2.05, 4.69) is 32.3 Å². The number of nitrogens with zero attached hydrogens (tertiary/aromatic N) is 3. The summed E-state index contributed by atoms with van der Waals surface area (Å²) in [5, 5.41) is 18.4. The molecule has 0 aliphatic rings. The van der Waals surface area contributed by atoms with E-state index in [1.54, 1.807) is 13.0 Å². The molecule has 0 unspecified atom stereocenters.